The molecule has 6 heterocycles. The number of piperidine rings is 2. The van der Waals surface area contributed by atoms with Gasteiger partial charge in [0.2, 0.25) is 11.8 Å². The summed E-state index contributed by atoms with van der Waals surface area (Å²) in [5.74, 6) is 0.0776. The Bertz CT molecular complexity index is 1830. The van der Waals surface area contributed by atoms with Crippen molar-refractivity contribution in [3.8, 4) is 21.3 Å². The van der Waals surface area contributed by atoms with Crippen LogP contribution in [0.3, 0.4) is 0 Å². The number of hydrogen-bond donors (Lipinski definition) is 5. The SMILES string of the molecule is NC(=O)C1(O)CCN(CCCCCCC(=O)c2cc(-c3cccs3)on2)CC1.NC(=O)C1(O)CCNCC1.O=CCCCCCC(=O)c1cc(-c2cccs2)on1.[B]. The van der Waals surface area contributed by atoms with Crippen LogP contribution in [-0.4, -0.2) is 107 Å². The highest BCUT2D eigenvalue weighted by Crippen LogP contribution is 2.27. The molecule has 0 unspecified atom stereocenters. The topological polar surface area (TPSA) is 245 Å². The van der Waals surface area contributed by atoms with Crippen molar-refractivity contribution >= 4 is 60.8 Å². The summed E-state index contributed by atoms with van der Waals surface area (Å²) in [5.41, 5.74) is 8.45. The maximum Gasteiger partial charge on any atom is 0.249 e. The summed E-state index contributed by atoms with van der Waals surface area (Å²) in [7, 11) is 0. The first-order valence-corrected chi connectivity index (χ1v) is 21.2. The summed E-state index contributed by atoms with van der Waals surface area (Å²) in [6.45, 7) is 3.66. The molecule has 58 heavy (non-hydrogen) atoms. The number of Topliss-reactive ketones (excluding diaryl/α,β-unsaturated/α-hetero) is 2. The number of aromatic nitrogens is 2. The first-order chi connectivity index (χ1) is 27.4. The van der Waals surface area contributed by atoms with Crippen molar-refractivity contribution in [3.63, 3.8) is 0 Å². The van der Waals surface area contributed by atoms with Crippen LogP contribution < -0.4 is 16.8 Å². The molecule has 0 atom stereocenters. The third kappa shape index (κ3) is 15.1. The molecule has 7 N–H and O–H groups in total. The maximum absolute atomic E-state index is 12.2. The predicted octanol–water partition coefficient (Wildman–Crippen LogP) is 4.79. The summed E-state index contributed by atoms with van der Waals surface area (Å²) in [6.07, 6.45) is 10.5. The number of nitrogens with two attached hydrogens (primary N) is 2. The van der Waals surface area contributed by atoms with E-state index in [1.54, 1.807) is 34.8 Å². The highest BCUT2D eigenvalue weighted by Gasteiger charge is 2.37. The Labute approximate surface area is 348 Å². The van der Waals surface area contributed by atoms with Gasteiger partial charge < -0.3 is 45.7 Å². The van der Waals surface area contributed by atoms with Gasteiger partial charge in [-0.25, -0.2) is 0 Å². The fourth-order valence-corrected chi connectivity index (χ4v) is 7.63. The minimum atomic E-state index is -1.33. The Hall–Kier alpha value is -4.33. The Morgan fingerprint density at radius 3 is 1.64 bits per heavy atom. The Morgan fingerprint density at radius 1 is 0.741 bits per heavy atom. The molecule has 18 heteroatoms. The van der Waals surface area contributed by atoms with E-state index in [0.29, 0.717) is 94.0 Å². The molecule has 4 aromatic rings. The number of nitrogens with one attached hydrogen (secondary N) is 1. The van der Waals surface area contributed by atoms with Gasteiger partial charge in [-0.15, -0.1) is 22.7 Å². The molecule has 2 aliphatic heterocycles. The van der Waals surface area contributed by atoms with E-state index >= 15 is 0 Å². The third-order valence-electron chi connectivity index (χ3n) is 10.0. The first kappa shape index (κ1) is 48.0. The van der Waals surface area contributed by atoms with E-state index in [0.717, 1.165) is 67.5 Å². The molecule has 2 aliphatic rings. The van der Waals surface area contributed by atoms with Crippen LogP contribution in [0.1, 0.15) is 111 Å². The zero-order chi connectivity index (χ0) is 41.1. The van der Waals surface area contributed by atoms with Gasteiger partial charge in [-0.1, -0.05) is 41.7 Å². The number of thiophene rings is 2. The number of primary amides is 2. The standard InChI is InChI=1S/C20H27N3O4S.C14H15NO3S.C6H12N2O2.B/c21-19(25)20(26)8-11-23(12-9-20)10-4-2-1-3-6-16(24)15-14-17(27-22-15)18-7-5-13-28-18;16-8-4-2-1-3-6-12(17)11-10-13(18-15-11)14-7-5-9-19-14;7-5(9)6(10)1-3-8-4-2-6;/h5,7,13-14,26H,1-4,6,8-12H2,(H2,21,25);5,7-10H,1-4,6H2;8,10H,1-4H2,(H2,7,9);. The van der Waals surface area contributed by atoms with Crippen molar-refractivity contribution in [1.82, 2.24) is 20.5 Å². The summed E-state index contributed by atoms with van der Waals surface area (Å²) in [6, 6.07) is 11.1. The molecule has 0 saturated carbocycles. The smallest absolute Gasteiger partial charge is 0.249 e. The largest absolute Gasteiger partial charge is 0.380 e. The number of rotatable bonds is 19. The van der Waals surface area contributed by atoms with Gasteiger partial charge in [0.15, 0.2) is 23.1 Å². The van der Waals surface area contributed by atoms with E-state index in [1.165, 1.54) is 0 Å². The maximum atomic E-state index is 12.2. The van der Waals surface area contributed by atoms with Crippen LogP contribution in [0, 0.1) is 0 Å². The zero-order valence-corrected chi connectivity index (χ0v) is 34.4. The molecule has 2 saturated heterocycles. The average molecular weight is 838 g/mol. The molecular formula is C40H54BN6O9S2. The van der Waals surface area contributed by atoms with Crippen LogP contribution in [0.2, 0.25) is 0 Å². The van der Waals surface area contributed by atoms with E-state index in [1.807, 2.05) is 35.0 Å². The lowest BCUT2D eigenvalue weighted by Crippen LogP contribution is -2.52. The van der Waals surface area contributed by atoms with Gasteiger partial charge in [-0.05, 0) is 93.9 Å². The van der Waals surface area contributed by atoms with Crippen molar-refractivity contribution in [3.05, 3.63) is 58.5 Å². The molecule has 2 fully saturated rings. The summed E-state index contributed by atoms with van der Waals surface area (Å²) >= 11 is 3.11. The van der Waals surface area contributed by atoms with Crippen LogP contribution in [0.4, 0.5) is 0 Å². The molecule has 4 aromatic heterocycles. The van der Waals surface area contributed by atoms with Gasteiger partial charge in [0.05, 0.1) is 9.75 Å². The molecule has 15 nitrogen and oxygen atoms in total. The highest BCUT2D eigenvalue weighted by atomic mass is 32.1. The van der Waals surface area contributed by atoms with Crippen molar-refractivity contribution < 1.29 is 43.2 Å². The Balaban J connectivity index is 0.000000258. The van der Waals surface area contributed by atoms with Gasteiger partial charge in [-0.3, -0.25) is 19.2 Å². The lowest BCUT2D eigenvalue weighted by atomic mass is 9.91. The summed E-state index contributed by atoms with van der Waals surface area (Å²) in [4.78, 5) is 60.3. The summed E-state index contributed by atoms with van der Waals surface area (Å²) in [5, 5.41) is 34.1. The van der Waals surface area contributed by atoms with Crippen molar-refractivity contribution in [2.45, 2.75) is 101 Å². The molecule has 6 rings (SSSR count). The third-order valence-corrected chi connectivity index (χ3v) is 11.8. The predicted molar refractivity (Wildman–Crippen MR) is 222 cm³/mol. The number of amides is 2. The molecule has 0 bridgehead atoms. The first-order valence-electron chi connectivity index (χ1n) is 19.4. The Kier molecular flexibility index (Phi) is 20.3. The number of unbranched alkanes of at least 4 members (excludes halogenated alkanes) is 6. The normalized spacial score (nSPS) is 15.8. The number of carbonyl (C=O) groups excluding carboxylic acids is 5. The van der Waals surface area contributed by atoms with Crippen molar-refractivity contribution in [2.24, 2.45) is 11.5 Å². The monoisotopic (exact) mass is 837 g/mol. The van der Waals surface area contributed by atoms with E-state index in [9.17, 15) is 34.2 Å². The van der Waals surface area contributed by atoms with Crippen LogP contribution in [-0.2, 0) is 14.4 Å². The van der Waals surface area contributed by atoms with Crippen LogP contribution in [0.15, 0.2) is 56.2 Å². The summed E-state index contributed by atoms with van der Waals surface area (Å²) < 4.78 is 10.4. The number of ketones is 2. The van der Waals surface area contributed by atoms with Gasteiger partial charge in [-0.2, -0.15) is 0 Å². The molecular weight excluding hydrogens is 783 g/mol. The lowest BCUT2D eigenvalue weighted by Gasteiger charge is -2.36. The van der Waals surface area contributed by atoms with E-state index < -0.39 is 23.0 Å². The second kappa shape index (κ2) is 24.6. The van der Waals surface area contributed by atoms with Crippen LogP contribution >= 0.6 is 22.7 Å². The zero-order valence-electron chi connectivity index (χ0n) is 32.8. The van der Waals surface area contributed by atoms with Gasteiger partial charge >= 0.3 is 0 Å². The van der Waals surface area contributed by atoms with Crippen LogP contribution in [0.25, 0.3) is 21.3 Å². The number of nitrogens with zero attached hydrogens (tertiary/aromatic N) is 3. The molecule has 3 radical (unpaired) electrons. The second-order valence-electron chi connectivity index (χ2n) is 14.3. The van der Waals surface area contributed by atoms with E-state index in [4.69, 9.17) is 20.5 Å². The number of carbonyl (C=O) groups is 5. The highest BCUT2D eigenvalue weighted by molar-refractivity contribution is 7.13. The molecule has 2 amide bonds. The minimum absolute atomic E-state index is 0. The van der Waals surface area contributed by atoms with Crippen molar-refractivity contribution in [1.29, 1.82) is 0 Å². The van der Waals surface area contributed by atoms with Gasteiger partial charge in [0.1, 0.15) is 28.9 Å². The Morgan fingerprint density at radius 2 is 1.21 bits per heavy atom. The number of aliphatic hydroxyl groups is 2. The fourth-order valence-electron chi connectivity index (χ4n) is 6.28. The van der Waals surface area contributed by atoms with E-state index in [2.05, 4.69) is 20.5 Å². The second-order valence-corrected chi connectivity index (χ2v) is 16.2. The van der Waals surface area contributed by atoms with Gasteiger partial charge in [0.25, 0.3) is 0 Å². The molecule has 0 spiro atoms. The molecule has 0 aliphatic carbocycles. The van der Waals surface area contributed by atoms with Crippen LogP contribution in [0.5, 0.6) is 0 Å². The molecule has 313 valence electrons. The molecule has 0 aromatic carbocycles. The minimum Gasteiger partial charge on any atom is -0.380 e. The lowest BCUT2D eigenvalue weighted by molar-refractivity contribution is -0.141. The average Bonchev–Trinajstić information content (AvgIpc) is 4.05. The van der Waals surface area contributed by atoms with E-state index in [-0.39, 0.29) is 20.0 Å². The number of likely N-dealkylation sites (tertiary alicyclic amines) is 1. The fraction of sp³-hybridized carbons (Fsp3) is 0.525. The quantitative estimate of drug-likeness (QED) is 0.0370. The van der Waals surface area contributed by atoms with Crippen molar-refractivity contribution in [2.75, 3.05) is 32.7 Å². The number of hydrogen-bond acceptors (Lipinski definition) is 15. The number of aldehydes is 1. The van der Waals surface area contributed by atoms with Gasteiger partial charge in [0, 0.05) is 52.9 Å².